The van der Waals surface area contributed by atoms with E-state index in [1.54, 1.807) is 13.8 Å². The molecule has 0 aliphatic heterocycles. The Morgan fingerprint density at radius 1 is 1.71 bits per heavy atom. The Balaban J connectivity index is 2.70. The van der Waals surface area contributed by atoms with Crippen LogP contribution in [-0.2, 0) is 9.53 Å². The van der Waals surface area contributed by atoms with Gasteiger partial charge in [-0.25, -0.2) is 14.2 Å². The fraction of sp³-hybridized carbons (Fsp3) is 0.273. The highest BCUT2D eigenvalue weighted by Gasteiger charge is 2.03. The summed E-state index contributed by atoms with van der Waals surface area (Å²) in [5.74, 6) is -0.915. The number of ether oxygens (including phenoxy) is 1. The van der Waals surface area contributed by atoms with Gasteiger partial charge in [0.1, 0.15) is 4.60 Å². The molecule has 0 amide bonds. The van der Waals surface area contributed by atoms with Crippen molar-refractivity contribution in [3.8, 4) is 0 Å². The fourth-order valence-corrected chi connectivity index (χ4v) is 1.33. The normalized spacial score (nSPS) is 11.2. The second-order valence-electron chi connectivity index (χ2n) is 3.20. The molecular weight excluding hydrogens is 291 g/mol. The summed E-state index contributed by atoms with van der Waals surface area (Å²) in [4.78, 5) is 14.9. The minimum atomic E-state index is -0.473. The summed E-state index contributed by atoms with van der Waals surface area (Å²) in [5, 5.41) is 2.84. The monoisotopic (exact) mass is 302 g/mol. The van der Waals surface area contributed by atoms with Gasteiger partial charge in [-0.3, -0.25) is 0 Å². The van der Waals surface area contributed by atoms with E-state index in [1.807, 2.05) is 0 Å². The molecule has 0 saturated heterocycles. The van der Waals surface area contributed by atoms with Crippen molar-refractivity contribution in [3.05, 3.63) is 34.5 Å². The Morgan fingerprint density at radius 2 is 2.41 bits per heavy atom. The minimum Gasteiger partial charge on any atom is -0.463 e. The van der Waals surface area contributed by atoms with Gasteiger partial charge in [0.15, 0.2) is 5.82 Å². The number of aromatic nitrogens is 1. The van der Waals surface area contributed by atoms with Crippen LogP contribution >= 0.6 is 15.9 Å². The molecule has 1 rings (SSSR count). The zero-order chi connectivity index (χ0) is 12.8. The molecular formula is C11H12BrFN2O2. The van der Waals surface area contributed by atoms with Crippen molar-refractivity contribution in [2.45, 2.75) is 13.8 Å². The number of hydrogen-bond acceptors (Lipinski definition) is 4. The van der Waals surface area contributed by atoms with Crippen LogP contribution in [0.1, 0.15) is 13.8 Å². The third kappa shape index (κ3) is 4.52. The van der Waals surface area contributed by atoms with Gasteiger partial charge in [0.05, 0.1) is 18.5 Å². The smallest absolute Gasteiger partial charge is 0.332 e. The van der Waals surface area contributed by atoms with Crippen LogP contribution in [0.15, 0.2) is 28.6 Å². The van der Waals surface area contributed by atoms with E-state index in [1.165, 1.54) is 18.3 Å². The number of esters is 1. The molecule has 0 radical (unpaired) electrons. The third-order valence-electron chi connectivity index (χ3n) is 1.76. The first-order chi connectivity index (χ1) is 8.02. The topological polar surface area (TPSA) is 51.2 Å². The zero-order valence-electron chi connectivity index (χ0n) is 9.46. The van der Waals surface area contributed by atoms with Crippen LogP contribution in [0.4, 0.5) is 10.1 Å². The number of halogens is 2. The van der Waals surface area contributed by atoms with Gasteiger partial charge in [0.2, 0.25) is 0 Å². The molecule has 1 aromatic rings. The molecule has 1 N–H and O–H groups in total. The Morgan fingerprint density at radius 3 is 3.00 bits per heavy atom. The molecule has 0 atom stereocenters. The first-order valence-electron chi connectivity index (χ1n) is 4.96. The van der Waals surface area contributed by atoms with E-state index >= 15 is 0 Å². The van der Waals surface area contributed by atoms with Gasteiger partial charge in [0.25, 0.3) is 0 Å². The van der Waals surface area contributed by atoms with E-state index in [0.717, 1.165) is 0 Å². The van der Waals surface area contributed by atoms with Crippen molar-refractivity contribution < 1.29 is 13.9 Å². The number of nitrogens with one attached hydrogen (secondary N) is 1. The largest absolute Gasteiger partial charge is 0.463 e. The first-order valence-corrected chi connectivity index (χ1v) is 5.75. The lowest BCUT2D eigenvalue weighted by Crippen LogP contribution is -2.04. The van der Waals surface area contributed by atoms with Crippen molar-refractivity contribution >= 4 is 27.6 Å². The summed E-state index contributed by atoms with van der Waals surface area (Å²) in [6.07, 6.45) is 2.75. The molecule has 4 nitrogen and oxygen atoms in total. The van der Waals surface area contributed by atoms with Crippen LogP contribution in [0.3, 0.4) is 0 Å². The Hall–Kier alpha value is -1.43. The van der Waals surface area contributed by atoms with Gasteiger partial charge in [-0.1, -0.05) is 0 Å². The van der Waals surface area contributed by atoms with Crippen LogP contribution in [0.5, 0.6) is 0 Å². The first kappa shape index (κ1) is 13.6. The molecule has 0 spiro atoms. The summed E-state index contributed by atoms with van der Waals surface area (Å²) < 4.78 is 18.0. The second kappa shape index (κ2) is 6.34. The molecule has 0 bridgehead atoms. The number of allylic oxidation sites excluding steroid dienone is 1. The van der Waals surface area contributed by atoms with E-state index in [4.69, 9.17) is 4.74 Å². The number of anilines is 1. The quantitative estimate of drug-likeness (QED) is 0.528. The standard InChI is InChI=1S/C11H12BrFN2O2/c1-3-17-10(16)4-7(2)15-8-5-9(13)11(12)14-6-8/h4-6,15H,3H2,1-2H3/b7-4-. The maximum Gasteiger partial charge on any atom is 0.332 e. The molecule has 0 aliphatic carbocycles. The lowest BCUT2D eigenvalue weighted by molar-refractivity contribution is -0.137. The van der Waals surface area contributed by atoms with Crippen LogP contribution in [0.25, 0.3) is 0 Å². The number of nitrogens with zero attached hydrogens (tertiary/aromatic N) is 1. The third-order valence-corrected chi connectivity index (χ3v) is 2.34. The zero-order valence-corrected chi connectivity index (χ0v) is 11.0. The van der Waals surface area contributed by atoms with Gasteiger partial charge in [-0.05, 0) is 29.8 Å². The molecule has 0 unspecified atom stereocenters. The van der Waals surface area contributed by atoms with Gasteiger partial charge in [0, 0.05) is 17.8 Å². The van der Waals surface area contributed by atoms with E-state index in [0.29, 0.717) is 18.0 Å². The summed E-state index contributed by atoms with van der Waals surface area (Å²) >= 11 is 2.95. The second-order valence-corrected chi connectivity index (χ2v) is 3.95. The molecule has 0 fully saturated rings. The van der Waals surface area contributed by atoms with Crippen molar-refractivity contribution in [1.82, 2.24) is 4.98 Å². The number of pyridine rings is 1. The molecule has 0 aromatic carbocycles. The maximum absolute atomic E-state index is 13.2. The average Bonchev–Trinajstić information content (AvgIpc) is 2.23. The van der Waals surface area contributed by atoms with Gasteiger partial charge >= 0.3 is 5.97 Å². The number of carbonyl (C=O) groups is 1. The Bertz CT molecular complexity index is 449. The predicted molar refractivity (Wildman–Crippen MR) is 65.9 cm³/mol. The van der Waals surface area contributed by atoms with Crippen molar-refractivity contribution in [2.24, 2.45) is 0 Å². The summed E-state index contributed by atoms with van der Waals surface area (Å²) in [5.41, 5.74) is 1.01. The average molecular weight is 303 g/mol. The van der Waals surface area contributed by atoms with Gasteiger partial charge in [-0.15, -0.1) is 0 Å². The molecule has 1 heterocycles. The predicted octanol–water partition coefficient (Wildman–Crippen LogP) is 2.86. The maximum atomic E-state index is 13.2. The van der Waals surface area contributed by atoms with E-state index in [-0.39, 0.29) is 4.60 Å². The minimum absolute atomic E-state index is 0.148. The van der Waals surface area contributed by atoms with Crippen LogP contribution in [-0.4, -0.2) is 17.6 Å². The lowest BCUT2D eigenvalue weighted by Gasteiger charge is -2.06. The molecule has 1 aromatic heterocycles. The highest BCUT2D eigenvalue weighted by molar-refractivity contribution is 9.10. The van der Waals surface area contributed by atoms with E-state index in [2.05, 4.69) is 26.2 Å². The van der Waals surface area contributed by atoms with Crippen molar-refractivity contribution in [2.75, 3.05) is 11.9 Å². The Kier molecular flexibility index (Phi) is 5.09. The van der Waals surface area contributed by atoms with E-state index in [9.17, 15) is 9.18 Å². The molecule has 0 saturated carbocycles. The Labute approximate surface area is 107 Å². The van der Waals surface area contributed by atoms with Crippen LogP contribution in [0.2, 0.25) is 0 Å². The molecule has 6 heteroatoms. The van der Waals surface area contributed by atoms with Crippen LogP contribution < -0.4 is 5.32 Å². The van der Waals surface area contributed by atoms with Crippen molar-refractivity contribution in [3.63, 3.8) is 0 Å². The summed E-state index contributed by atoms with van der Waals surface area (Å²) in [7, 11) is 0. The molecule has 92 valence electrons. The SMILES string of the molecule is CCOC(=O)/C=C(/C)Nc1cnc(Br)c(F)c1. The van der Waals surface area contributed by atoms with Gasteiger partial charge < -0.3 is 10.1 Å². The van der Waals surface area contributed by atoms with Crippen molar-refractivity contribution in [1.29, 1.82) is 0 Å². The van der Waals surface area contributed by atoms with E-state index < -0.39 is 11.8 Å². The molecule has 17 heavy (non-hydrogen) atoms. The molecule has 0 aliphatic rings. The summed E-state index contributed by atoms with van der Waals surface area (Å²) in [6, 6.07) is 1.28. The van der Waals surface area contributed by atoms with Crippen LogP contribution in [0, 0.1) is 5.82 Å². The summed E-state index contributed by atoms with van der Waals surface area (Å²) in [6.45, 7) is 3.72. The number of carbonyl (C=O) groups excluding carboxylic acids is 1. The highest BCUT2D eigenvalue weighted by atomic mass is 79.9. The van der Waals surface area contributed by atoms with Gasteiger partial charge in [-0.2, -0.15) is 0 Å². The number of hydrogen-bond donors (Lipinski definition) is 1. The fourth-order valence-electron chi connectivity index (χ4n) is 1.11. The lowest BCUT2D eigenvalue weighted by atomic mass is 10.3. The number of rotatable bonds is 4. The highest BCUT2D eigenvalue weighted by Crippen LogP contribution is 2.17.